The van der Waals surface area contributed by atoms with Crippen molar-refractivity contribution in [1.29, 1.82) is 0 Å². The lowest BCUT2D eigenvalue weighted by molar-refractivity contribution is -0.142. The maximum atomic E-state index is 12.1. The predicted octanol–water partition coefficient (Wildman–Crippen LogP) is 1.02. The monoisotopic (exact) mass is 331 g/mol. The first-order valence-corrected chi connectivity index (χ1v) is 8.48. The summed E-state index contributed by atoms with van der Waals surface area (Å²) in [5, 5.41) is 11.8. The highest BCUT2D eigenvalue weighted by molar-refractivity contribution is 7.91. The fourth-order valence-electron chi connectivity index (χ4n) is 2.24. The smallest absolute Gasteiger partial charge is 0.330 e. The van der Waals surface area contributed by atoms with Crippen LogP contribution in [0.25, 0.3) is 0 Å². The summed E-state index contributed by atoms with van der Waals surface area (Å²) >= 11 is 5.94. The zero-order chi connectivity index (χ0) is 15.6. The summed E-state index contributed by atoms with van der Waals surface area (Å²) in [5.74, 6) is -2.83. The second kappa shape index (κ2) is 6.03. The standard InChI is InChI=1S/C13H14ClNO5S/c14-10-4-2-1-3-9(10)11(13(17)18)15-12(16)8-5-6-21(19,20)7-8/h1-4,8,11H,5-7H2,(H,15,16)(H,17,18)/t8?,11-/m1/s1. The molecular weight excluding hydrogens is 318 g/mol. The molecule has 6 nitrogen and oxygen atoms in total. The molecule has 1 unspecified atom stereocenters. The Hall–Kier alpha value is -1.60. The number of amides is 1. The van der Waals surface area contributed by atoms with Crippen LogP contribution in [0, 0.1) is 5.92 Å². The Bertz CT molecular complexity index is 673. The maximum absolute atomic E-state index is 12.1. The number of halogens is 1. The first-order chi connectivity index (χ1) is 9.80. The van der Waals surface area contributed by atoms with Gasteiger partial charge in [-0.1, -0.05) is 29.8 Å². The van der Waals surface area contributed by atoms with Gasteiger partial charge in [0, 0.05) is 10.6 Å². The molecule has 1 heterocycles. The summed E-state index contributed by atoms with van der Waals surface area (Å²) in [6, 6.07) is 5.00. The third kappa shape index (κ3) is 3.74. The van der Waals surface area contributed by atoms with Crippen LogP contribution in [-0.2, 0) is 19.4 Å². The minimum Gasteiger partial charge on any atom is -0.479 e. The molecule has 8 heteroatoms. The van der Waals surface area contributed by atoms with E-state index in [1.807, 2.05) is 0 Å². The van der Waals surface area contributed by atoms with Gasteiger partial charge in [0.1, 0.15) is 0 Å². The van der Waals surface area contributed by atoms with E-state index in [1.165, 1.54) is 12.1 Å². The molecule has 2 N–H and O–H groups in total. The molecule has 1 aliphatic rings. The molecule has 0 spiro atoms. The van der Waals surface area contributed by atoms with Crippen molar-refractivity contribution in [3.05, 3.63) is 34.9 Å². The van der Waals surface area contributed by atoms with E-state index < -0.39 is 33.7 Å². The molecule has 0 radical (unpaired) electrons. The fraction of sp³-hybridized carbons (Fsp3) is 0.385. The zero-order valence-corrected chi connectivity index (χ0v) is 12.5. The predicted molar refractivity (Wildman–Crippen MR) is 76.7 cm³/mol. The average molecular weight is 332 g/mol. The summed E-state index contributed by atoms with van der Waals surface area (Å²) in [5.41, 5.74) is 0.265. The number of carbonyl (C=O) groups excluding carboxylic acids is 1. The van der Waals surface area contributed by atoms with Crippen LogP contribution in [0.5, 0.6) is 0 Å². The number of carbonyl (C=O) groups is 2. The number of carboxylic acid groups (broad SMARTS) is 1. The van der Waals surface area contributed by atoms with E-state index in [0.717, 1.165) is 0 Å². The Balaban J connectivity index is 2.16. The van der Waals surface area contributed by atoms with E-state index in [1.54, 1.807) is 12.1 Å². The van der Waals surface area contributed by atoms with Gasteiger partial charge in [0.25, 0.3) is 0 Å². The lowest BCUT2D eigenvalue weighted by Crippen LogP contribution is -2.38. The summed E-state index contributed by atoms with van der Waals surface area (Å²) in [4.78, 5) is 23.4. The van der Waals surface area contributed by atoms with Gasteiger partial charge in [-0.05, 0) is 12.5 Å². The van der Waals surface area contributed by atoms with Gasteiger partial charge >= 0.3 is 5.97 Å². The molecule has 1 fully saturated rings. The van der Waals surface area contributed by atoms with Gasteiger partial charge < -0.3 is 10.4 Å². The maximum Gasteiger partial charge on any atom is 0.330 e. The first-order valence-electron chi connectivity index (χ1n) is 6.28. The third-order valence-corrected chi connectivity index (χ3v) is 5.47. The molecule has 21 heavy (non-hydrogen) atoms. The summed E-state index contributed by atoms with van der Waals surface area (Å²) in [7, 11) is -3.20. The second-order valence-electron chi connectivity index (χ2n) is 4.90. The molecule has 1 aromatic carbocycles. The van der Waals surface area contributed by atoms with Crippen molar-refractivity contribution in [3.63, 3.8) is 0 Å². The second-order valence-corrected chi connectivity index (χ2v) is 7.54. The summed E-state index contributed by atoms with van der Waals surface area (Å²) < 4.78 is 22.7. The quantitative estimate of drug-likeness (QED) is 0.857. The van der Waals surface area contributed by atoms with Crippen molar-refractivity contribution in [2.45, 2.75) is 12.5 Å². The molecule has 0 aliphatic carbocycles. The summed E-state index contributed by atoms with van der Waals surface area (Å²) in [6.07, 6.45) is 0.211. The van der Waals surface area contributed by atoms with Gasteiger partial charge in [0.05, 0.1) is 17.4 Å². The number of rotatable bonds is 4. The van der Waals surface area contributed by atoms with E-state index in [9.17, 15) is 23.1 Å². The number of sulfone groups is 1. The lowest BCUT2D eigenvalue weighted by Gasteiger charge is -2.18. The van der Waals surface area contributed by atoms with Gasteiger partial charge in [-0.3, -0.25) is 4.79 Å². The number of benzene rings is 1. The van der Waals surface area contributed by atoms with Crippen LogP contribution in [-0.4, -0.2) is 36.9 Å². The highest BCUT2D eigenvalue weighted by Crippen LogP contribution is 2.25. The van der Waals surface area contributed by atoms with Gasteiger partial charge in [-0.2, -0.15) is 0 Å². The van der Waals surface area contributed by atoms with Crippen molar-refractivity contribution in [2.75, 3.05) is 11.5 Å². The Labute approximate surface area is 127 Å². The van der Waals surface area contributed by atoms with E-state index in [0.29, 0.717) is 0 Å². The van der Waals surface area contributed by atoms with Crippen molar-refractivity contribution in [2.24, 2.45) is 5.92 Å². The highest BCUT2D eigenvalue weighted by Gasteiger charge is 2.35. The van der Waals surface area contributed by atoms with Crippen molar-refractivity contribution < 1.29 is 23.1 Å². The molecule has 1 saturated heterocycles. The van der Waals surface area contributed by atoms with E-state index in [-0.39, 0.29) is 28.5 Å². The zero-order valence-electron chi connectivity index (χ0n) is 11.0. The Morgan fingerprint density at radius 2 is 2.00 bits per heavy atom. The van der Waals surface area contributed by atoms with Crippen LogP contribution in [0.1, 0.15) is 18.0 Å². The van der Waals surface area contributed by atoms with Gasteiger partial charge in [0.2, 0.25) is 5.91 Å². The van der Waals surface area contributed by atoms with Crippen LogP contribution >= 0.6 is 11.6 Å². The van der Waals surface area contributed by atoms with Crippen LogP contribution in [0.15, 0.2) is 24.3 Å². The van der Waals surface area contributed by atoms with Crippen LogP contribution in [0.3, 0.4) is 0 Å². The molecule has 114 valence electrons. The number of aliphatic carboxylic acids is 1. The largest absolute Gasteiger partial charge is 0.479 e. The molecule has 1 aliphatic heterocycles. The Kier molecular flexibility index (Phi) is 4.53. The molecule has 0 bridgehead atoms. The molecule has 0 saturated carbocycles. The van der Waals surface area contributed by atoms with Gasteiger partial charge in [-0.15, -0.1) is 0 Å². The normalized spacial score (nSPS) is 21.7. The molecule has 1 aromatic rings. The lowest BCUT2D eigenvalue weighted by atomic mass is 10.0. The highest BCUT2D eigenvalue weighted by atomic mass is 35.5. The van der Waals surface area contributed by atoms with Crippen molar-refractivity contribution in [1.82, 2.24) is 5.32 Å². The third-order valence-electron chi connectivity index (χ3n) is 3.35. The average Bonchev–Trinajstić information content (AvgIpc) is 2.77. The van der Waals surface area contributed by atoms with Crippen molar-refractivity contribution in [3.8, 4) is 0 Å². The van der Waals surface area contributed by atoms with Crippen LogP contribution in [0.2, 0.25) is 5.02 Å². The topological polar surface area (TPSA) is 101 Å². The van der Waals surface area contributed by atoms with Crippen LogP contribution in [0.4, 0.5) is 0 Å². The molecular formula is C13H14ClNO5S. The van der Waals surface area contributed by atoms with Crippen LogP contribution < -0.4 is 5.32 Å². The first kappa shape index (κ1) is 15.8. The number of hydrogen-bond acceptors (Lipinski definition) is 4. The molecule has 2 rings (SSSR count). The number of nitrogens with one attached hydrogen (secondary N) is 1. The molecule has 1 amide bonds. The minimum atomic E-state index is -3.20. The van der Waals surface area contributed by atoms with Gasteiger partial charge in [0.15, 0.2) is 15.9 Å². The summed E-state index contributed by atoms with van der Waals surface area (Å²) in [6.45, 7) is 0. The molecule has 2 atom stereocenters. The Morgan fingerprint density at radius 3 is 2.52 bits per heavy atom. The van der Waals surface area contributed by atoms with E-state index in [2.05, 4.69) is 5.32 Å². The van der Waals surface area contributed by atoms with Gasteiger partial charge in [-0.25, -0.2) is 13.2 Å². The molecule has 0 aromatic heterocycles. The Morgan fingerprint density at radius 1 is 1.33 bits per heavy atom. The number of hydrogen-bond donors (Lipinski definition) is 2. The SMILES string of the molecule is O=C(N[C@@H](C(=O)O)c1ccccc1Cl)C1CCS(=O)(=O)C1. The van der Waals surface area contributed by atoms with E-state index >= 15 is 0 Å². The number of carboxylic acids is 1. The van der Waals surface area contributed by atoms with E-state index in [4.69, 9.17) is 11.6 Å². The minimum absolute atomic E-state index is 0.0467. The van der Waals surface area contributed by atoms with Crippen molar-refractivity contribution >= 4 is 33.3 Å². The fourth-order valence-corrected chi connectivity index (χ4v) is 4.23.